The number of anilines is 1. The van der Waals surface area contributed by atoms with Crippen LogP contribution in [0, 0.1) is 12.8 Å². The smallest absolute Gasteiger partial charge is 0.140 e. The van der Waals surface area contributed by atoms with E-state index in [0.717, 1.165) is 41.7 Å². The van der Waals surface area contributed by atoms with Crippen LogP contribution in [-0.4, -0.2) is 59.7 Å². The molecule has 0 aliphatic carbocycles. The molecule has 2 aromatic rings. The molecular formula is C18H25N5S. The quantitative estimate of drug-likeness (QED) is 0.906. The van der Waals surface area contributed by atoms with Crippen LogP contribution in [0.5, 0.6) is 0 Å². The summed E-state index contributed by atoms with van der Waals surface area (Å²) in [6.45, 7) is 8.18. The zero-order chi connectivity index (χ0) is 16.1. The number of nitrogens with zero attached hydrogens (tertiary/aromatic N) is 4. The minimum Gasteiger partial charge on any atom is -0.356 e. The summed E-state index contributed by atoms with van der Waals surface area (Å²) in [6.07, 6.45) is 5.62. The van der Waals surface area contributed by atoms with Crippen molar-refractivity contribution in [1.29, 1.82) is 0 Å². The molecule has 0 aromatic carbocycles. The summed E-state index contributed by atoms with van der Waals surface area (Å²) in [5.74, 6) is 2.04. The second-order valence-electron chi connectivity index (χ2n) is 7.55. The number of aromatic nitrogens is 2. The van der Waals surface area contributed by atoms with Gasteiger partial charge in [-0.15, -0.1) is 11.3 Å². The van der Waals surface area contributed by atoms with Gasteiger partial charge in [0.25, 0.3) is 0 Å². The van der Waals surface area contributed by atoms with Crippen LogP contribution in [0.25, 0.3) is 10.2 Å². The molecule has 5 nitrogen and oxygen atoms in total. The normalized spacial score (nSPS) is 28.8. The van der Waals surface area contributed by atoms with Crippen molar-refractivity contribution in [1.82, 2.24) is 20.2 Å². The predicted octanol–water partition coefficient (Wildman–Crippen LogP) is 2.26. The van der Waals surface area contributed by atoms with Crippen LogP contribution in [0.15, 0.2) is 12.4 Å². The minimum atomic E-state index is 0.759. The van der Waals surface area contributed by atoms with Crippen LogP contribution >= 0.6 is 11.3 Å². The summed E-state index contributed by atoms with van der Waals surface area (Å²) in [5, 5.41) is 4.91. The second-order valence-corrected chi connectivity index (χ2v) is 8.79. The van der Waals surface area contributed by atoms with E-state index in [2.05, 4.69) is 38.1 Å². The van der Waals surface area contributed by atoms with Gasteiger partial charge in [0, 0.05) is 43.1 Å². The Kier molecular flexibility index (Phi) is 3.72. The molecule has 3 fully saturated rings. The first-order valence-corrected chi connectivity index (χ1v) is 10.0. The number of likely N-dealkylation sites (tertiary alicyclic amines) is 1. The second kappa shape index (κ2) is 5.93. The third-order valence-corrected chi connectivity index (χ3v) is 7.06. The maximum atomic E-state index is 4.61. The van der Waals surface area contributed by atoms with E-state index in [-0.39, 0.29) is 0 Å². The van der Waals surface area contributed by atoms with E-state index in [4.69, 9.17) is 0 Å². The van der Waals surface area contributed by atoms with Crippen molar-refractivity contribution in [3.63, 3.8) is 0 Å². The standard InChI is InChI=1S/C18H25N5S/c1-12-8-15-17(20-11-21-18(15)24-12)22-6-3-14(4-7-22)23-9-13-2-5-19-16(13)10-23/h8,11,13-14,16,19H,2-7,9-10H2,1H3. The molecule has 2 aromatic heterocycles. The van der Waals surface area contributed by atoms with Gasteiger partial charge < -0.3 is 10.2 Å². The van der Waals surface area contributed by atoms with Crippen molar-refractivity contribution in [3.05, 3.63) is 17.3 Å². The molecule has 3 saturated heterocycles. The number of rotatable bonds is 2. The summed E-state index contributed by atoms with van der Waals surface area (Å²) in [5.41, 5.74) is 0. The fourth-order valence-corrected chi connectivity index (χ4v) is 5.68. The van der Waals surface area contributed by atoms with Crippen LogP contribution < -0.4 is 10.2 Å². The highest BCUT2D eigenvalue weighted by molar-refractivity contribution is 7.18. The largest absolute Gasteiger partial charge is 0.356 e. The van der Waals surface area contributed by atoms with Crippen LogP contribution in [0.2, 0.25) is 0 Å². The predicted molar refractivity (Wildman–Crippen MR) is 98.9 cm³/mol. The van der Waals surface area contributed by atoms with Gasteiger partial charge in [-0.3, -0.25) is 4.90 Å². The molecule has 0 bridgehead atoms. The Morgan fingerprint density at radius 1 is 1.17 bits per heavy atom. The molecule has 2 unspecified atom stereocenters. The Labute approximate surface area is 147 Å². The lowest BCUT2D eigenvalue weighted by molar-refractivity contribution is 0.195. The highest BCUT2D eigenvalue weighted by Gasteiger charge is 2.39. The van der Waals surface area contributed by atoms with Crippen molar-refractivity contribution < 1.29 is 0 Å². The molecule has 3 aliphatic heterocycles. The molecule has 0 spiro atoms. The van der Waals surface area contributed by atoms with Crippen molar-refractivity contribution in [2.75, 3.05) is 37.6 Å². The summed E-state index contributed by atoms with van der Waals surface area (Å²) in [6, 6.07) is 3.77. The van der Waals surface area contributed by atoms with Gasteiger partial charge in [0.1, 0.15) is 17.0 Å². The third-order valence-electron chi connectivity index (χ3n) is 6.10. The Bertz CT molecular complexity index is 724. The number of aryl methyl sites for hydroxylation is 1. The van der Waals surface area contributed by atoms with Crippen molar-refractivity contribution in [2.45, 2.75) is 38.3 Å². The lowest BCUT2D eigenvalue weighted by atomic mass is 10.0. The first kappa shape index (κ1) is 15.0. The Morgan fingerprint density at radius 2 is 2.04 bits per heavy atom. The number of hydrogen-bond acceptors (Lipinski definition) is 6. The number of thiophene rings is 1. The van der Waals surface area contributed by atoms with Gasteiger partial charge in [-0.25, -0.2) is 9.97 Å². The zero-order valence-corrected chi connectivity index (χ0v) is 15.1. The van der Waals surface area contributed by atoms with Crippen LogP contribution in [0.1, 0.15) is 24.1 Å². The summed E-state index contributed by atoms with van der Waals surface area (Å²) >= 11 is 1.77. The summed E-state index contributed by atoms with van der Waals surface area (Å²) in [4.78, 5) is 16.7. The lowest BCUT2D eigenvalue weighted by Gasteiger charge is -2.37. The van der Waals surface area contributed by atoms with Crippen LogP contribution in [0.3, 0.4) is 0 Å². The Morgan fingerprint density at radius 3 is 2.88 bits per heavy atom. The van der Waals surface area contributed by atoms with Crippen LogP contribution in [-0.2, 0) is 0 Å². The van der Waals surface area contributed by atoms with E-state index in [1.165, 1.54) is 49.2 Å². The van der Waals surface area contributed by atoms with E-state index in [1.54, 1.807) is 17.7 Å². The molecule has 0 radical (unpaired) electrons. The number of piperidine rings is 1. The highest BCUT2D eigenvalue weighted by Crippen LogP contribution is 2.33. The minimum absolute atomic E-state index is 0.759. The summed E-state index contributed by atoms with van der Waals surface area (Å²) in [7, 11) is 0. The van der Waals surface area contributed by atoms with Gasteiger partial charge in [-0.1, -0.05) is 0 Å². The van der Waals surface area contributed by atoms with Crippen molar-refractivity contribution in [2.24, 2.45) is 5.92 Å². The molecule has 128 valence electrons. The molecule has 5 rings (SSSR count). The highest BCUT2D eigenvalue weighted by atomic mass is 32.1. The molecule has 3 aliphatic rings. The first-order chi connectivity index (χ1) is 11.8. The van der Waals surface area contributed by atoms with E-state index >= 15 is 0 Å². The Hall–Kier alpha value is -1.24. The van der Waals surface area contributed by atoms with Gasteiger partial charge in [0.05, 0.1) is 5.39 Å². The SMILES string of the molecule is Cc1cc2c(N3CCC(N4CC5CCNC5C4)CC3)ncnc2s1. The molecule has 6 heteroatoms. The maximum absolute atomic E-state index is 4.61. The number of fused-ring (bicyclic) bond motifs is 2. The zero-order valence-electron chi connectivity index (χ0n) is 14.2. The number of hydrogen-bond donors (Lipinski definition) is 1. The van der Waals surface area contributed by atoms with Crippen LogP contribution in [0.4, 0.5) is 5.82 Å². The van der Waals surface area contributed by atoms with E-state index in [1.807, 2.05) is 0 Å². The van der Waals surface area contributed by atoms with Gasteiger partial charge in [0.2, 0.25) is 0 Å². The molecule has 1 N–H and O–H groups in total. The van der Waals surface area contributed by atoms with E-state index < -0.39 is 0 Å². The molecule has 2 atom stereocenters. The van der Waals surface area contributed by atoms with Crippen molar-refractivity contribution in [3.8, 4) is 0 Å². The van der Waals surface area contributed by atoms with Gasteiger partial charge in [-0.05, 0) is 44.7 Å². The van der Waals surface area contributed by atoms with E-state index in [9.17, 15) is 0 Å². The fourth-order valence-electron chi connectivity index (χ4n) is 4.84. The van der Waals surface area contributed by atoms with Crippen molar-refractivity contribution >= 4 is 27.4 Å². The average molecular weight is 344 g/mol. The molecule has 0 amide bonds. The summed E-state index contributed by atoms with van der Waals surface area (Å²) < 4.78 is 0. The molecule has 24 heavy (non-hydrogen) atoms. The van der Waals surface area contributed by atoms with Gasteiger partial charge >= 0.3 is 0 Å². The number of nitrogens with one attached hydrogen (secondary N) is 1. The topological polar surface area (TPSA) is 44.3 Å². The maximum Gasteiger partial charge on any atom is 0.140 e. The fraction of sp³-hybridized carbons (Fsp3) is 0.667. The molecular weight excluding hydrogens is 318 g/mol. The van der Waals surface area contributed by atoms with Gasteiger partial charge in [0.15, 0.2) is 0 Å². The Balaban J connectivity index is 1.28. The van der Waals surface area contributed by atoms with Gasteiger partial charge in [-0.2, -0.15) is 0 Å². The third kappa shape index (κ3) is 2.52. The molecule has 0 saturated carbocycles. The molecule has 5 heterocycles. The monoisotopic (exact) mass is 343 g/mol. The van der Waals surface area contributed by atoms with E-state index in [0.29, 0.717) is 0 Å². The average Bonchev–Trinajstić information content (AvgIpc) is 3.27. The first-order valence-electron chi connectivity index (χ1n) is 9.21. The lowest BCUT2D eigenvalue weighted by Crippen LogP contribution is -2.45.